The topological polar surface area (TPSA) is 43.1 Å². The van der Waals surface area contributed by atoms with Gasteiger partial charge in [-0.3, -0.25) is 4.79 Å². The van der Waals surface area contributed by atoms with Crippen molar-refractivity contribution in [1.29, 1.82) is 0 Å². The zero-order chi connectivity index (χ0) is 10.7. The third-order valence-electron chi connectivity index (χ3n) is 4.24. The fourth-order valence-corrected chi connectivity index (χ4v) is 3.21. The van der Waals surface area contributed by atoms with E-state index in [-0.39, 0.29) is 6.04 Å². The number of carbonyl (C=O) groups is 1. The molecule has 2 aliphatic rings. The summed E-state index contributed by atoms with van der Waals surface area (Å²) in [6.07, 6.45) is 10.9. The second-order valence-corrected chi connectivity index (χ2v) is 5.31. The van der Waals surface area contributed by atoms with E-state index in [0.717, 1.165) is 12.8 Å². The molecule has 0 radical (unpaired) electrons. The Hall–Kier alpha value is -0.370. The van der Waals surface area contributed by atoms with Gasteiger partial charge in [0.2, 0.25) is 0 Å². The summed E-state index contributed by atoms with van der Waals surface area (Å²) in [4.78, 5) is 12.1. The Balaban J connectivity index is 1.87. The molecule has 1 unspecified atom stereocenters. The van der Waals surface area contributed by atoms with Gasteiger partial charge in [-0.1, -0.05) is 32.1 Å². The molecule has 0 aromatic carbocycles. The zero-order valence-electron chi connectivity index (χ0n) is 9.58. The number of nitrogens with two attached hydrogens (primary N) is 1. The molecule has 0 amide bonds. The largest absolute Gasteiger partial charge is 0.321 e. The number of ketones is 1. The molecule has 0 aromatic rings. The van der Waals surface area contributed by atoms with Gasteiger partial charge in [-0.25, -0.2) is 0 Å². The van der Waals surface area contributed by atoms with Crippen molar-refractivity contribution in [2.24, 2.45) is 17.6 Å². The van der Waals surface area contributed by atoms with E-state index in [1.54, 1.807) is 0 Å². The third kappa shape index (κ3) is 2.60. The fraction of sp³-hybridized carbons (Fsp3) is 0.923. The number of rotatable bonds is 3. The van der Waals surface area contributed by atoms with Crippen molar-refractivity contribution in [2.45, 2.75) is 63.8 Å². The van der Waals surface area contributed by atoms with Crippen molar-refractivity contribution in [1.82, 2.24) is 0 Å². The summed E-state index contributed by atoms with van der Waals surface area (Å²) in [5, 5.41) is 0. The summed E-state index contributed by atoms with van der Waals surface area (Å²) in [6.45, 7) is 0. The van der Waals surface area contributed by atoms with Crippen LogP contribution in [0.2, 0.25) is 0 Å². The number of carbonyl (C=O) groups excluding carboxylic acids is 1. The maximum absolute atomic E-state index is 12.1. The molecule has 1 atom stereocenters. The molecule has 0 bridgehead atoms. The lowest BCUT2D eigenvalue weighted by molar-refractivity contribution is -0.125. The minimum absolute atomic E-state index is 0.145. The molecule has 0 aliphatic heterocycles. The van der Waals surface area contributed by atoms with Crippen molar-refractivity contribution in [3.63, 3.8) is 0 Å². The van der Waals surface area contributed by atoms with Crippen molar-refractivity contribution >= 4 is 5.78 Å². The highest BCUT2D eigenvalue weighted by atomic mass is 16.1. The van der Waals surface area contributed by atoms with Crippen molar-refractivity contribution in [3.8, 4) is 0 Å². The Kier molecular flexibility index (Phi) is 3.79. The van der Waals surface area contributed by atoms with Crippen LogP contribution in [0.15, 0.2) is 0 Å². The van der Waals surface area contributed by atoms with E-state index < -0.39 is 0 Å². The Morgan fingerprint density at radius 2 is 1.47 bits per heavy atom. The maximum atomic E-state index is 12.1. The SMILES string of the molecule is NC(C(=O)C1CCCC1)C1CCCCC1. The van der Waals surface area contributed by atoms with Crippen LogP contribution in [0.3, 0.4) is 0 Å². The summed E-state index contributed by atoms with van der Waals surface area (Å²) in [5.41, 5.74) is 6.12. The highest BCUT2D eigenvalue weighted by Gasteiger charge is 2.32. The highest BCUT2D eigenvalue weighted by molar-refractivity contribution is 5.86. The molecule has 0 aromatic heterocycles. The van der Waals surface area contributed by atoms with Crippen molar-refractivity contribution in [2.75, 3.05) is 0 Å². The van der Waals surface area contributed by atoms with Crippen LogP contribution in [0.5, 0.6) is 0 Å². The smallest absolute Gasteiger partial charge is 0.152 e. The Bertz CT molecular complexity index is 215. The van der Waals surface area contributed by atoms with Gasteiger partial charge in [0.05, 0.1) is 6.04 Å². The zero-order valence-corrected chi connectivity index (χ0v) is 9.58. The van der Waals surface area contributed by atoms with Gasteiger partial charge in [-0.15, -0.1) is 0 Å². The van der Waals surface area contributed by atoms with Crippen LogP contribution in [0.4, 0.5) is 0 Å². The summed E-state index contributed by atoms with van der Waals surface area (Å²) in [7, 11) is 0. The van der Waals surface area contributed by atoms with Gasteiger partial charge in [0.25, 0.3) is 0 Å². The molecule has 0 spiro atoms. The molecule has 86 valence electrons. The minimum atomic E-state index is -0.145. The van der Waals surface area contributed by atoms with E-state index in [1.807, 2.05) is 0 Å². The van der Waals surface area contributed by atoms with Gasteiger partial charge in [0.1, 0.15) is 0 Å². The van der Waals surface area contributed by atoms with Crippen LogP contribution in [-0.4, -0.2) is 11.8 Å². The van der Waals surface area contributed by atoms with E-state index >= 15 is 0 Å². The van der Waals surface area contributed by atoms with Gasteiger partial charge < -0.3 is 5.73 Å². The van der Waals surface area contributed by atoms with E-state index in [1.165, 1.54) is 44.9 Å². The van der Waals surface area contributed by atoms with Crippen LogP contribution in [0.25, 0.3) is 0 Å². The average molecular weight is 209 g/mol. The third-order valence-corrected chi connectivity index (χ3v) is 4.24. The van der Waals surface area contributed by atoms with E-state index in [0.29, 0.717) is 17.6 Å². The average Bonchev–Trinajstić information content (AvgIpc) is 2.82. The van der Waals surface area contributed by atoms with Crippen LogP contribution >= 0.6 is 0 Å². The lowest BCUT2D eigenvalue weighted by atomic mass is 9.80. The van der Waals surface area contributed by atoms with Gasteiger partial charge in [0.15, 0.2) is 5.78 Å². The summed E-state index contributed by atoms with van der Waals surface area (Å²) in [5.74, 6) is 1.17. The van der Waals surface area contributed by atoms with Crippen LogP contribution < -0.4 is 5.73 Å². The van der Waals surface area contributed by atoms with Crippen molar-refractivity contribution in [3.05, 3.63) is 0 Å². The molecule has 2 N–H and O–H groups in total. The Morgan fingerprint density at radius 1 is 0.933 bits per heavy atom. The normalized spacial score (nSPS) is 26.7. The first kappa shape index (κ1) is 11.1. The molecular weight excluding hydrogens is 186 g/mol. The predicted octanol–water partition coefficient (Wildman–Crippen LogP) is 2.65. The molecule has 15 heavy (non-hydrogen) atoms. The van der Waals surface area contributed by atoms with Crippen LogP contribution in [-0.2, 0) is 4.79 Å². The van der Waals surface area contributed by atoms with E-state index in [9.17, 15) is 4.79 Å². The second kappa shape index (κ2) is 5.11. The standard InChI is InChI=1S/C13H23NO/c14-12(10-6-2-1-3-7-10)13(15)11-8-4-5-9-11/h10-12H,1-9,14H2. The molecule has 0 saturated heterocycles. The summed E-state index contributed by atoms with van der Waals surface area (Å²) < 4.78 is 0. The monoisotopic (exact) mass is 209 g/mol. The first-order valence-corrected chi connectivity index (χ1v) is 6.58. The molecule has 2 heteroatoms. The van der Waals surface area contributed by atoms with Crippen LogP contribution in [0.1, 0.15) is 57.8 Å². The van der Waals surface area contributed by atoms with Gasteiger partial charge in [0, 0.05) is 5.92 Å². The van der Waals surface area contributed by atoms with E-state index in [4.69, 9.17) is 5.73 Å². The molecule has 2 saturated carbocycles. The summed E-state index contributed by atoms with van der Waals surface area (Å²) in [6, 6.07) is -0.145. The van der Waals surface area contributed by atoms with Gasteiger partial charge in [-0.05, 0) is 31.6 Å². The number of hydrogen-bond donors (Lipinski definition) is 1. The maximum Gasteiger partial charge on any atom is 0.152 e. The fourth-order valence-electron chi connectivity index (χ4n) is 3.21. The van der Waals surface area contributed by atoms with Gasteiger partial charge >= 0.3 is 0 Å². The first-order valence-electron chi connectivity index (χ1n) is 6.58. The van der Waals surface area contributed by atoms with Crippen molar-refractivity contribution < 1.29 is 4.79 Å². The lowest BCUT2D eigenvalue weighted by Crippen LogP contribution is -2.42. The lowest BCUT2D eigenvalue weighted by Gasteiger charge is -2.28. The molecule has 2 fully saturated rings. The van der Waals surface area contributed by atoms with Crippen LogP contribution in [0, 0.1) is 11.8 Å². The van der Waals surface area contributed by atoms with Gasteiger partial charge in [-0.2, -0.15) is 0 Å². The first-order chi connectivity index (χ1) is 7.29. The highest BCUT2D eigenvalue weighted by Crippen LogP contribution is 2.31. The molecule has 2 rings (SSSR count). The molecule has 2 nitrogen and oxygen atoms in total. The number of Topliss-reactive ketones (excluding diaryl/α,β-unsaturated/α-hetero) is 1. The minimum Gasteiger partial charge on any atom is -0.321 e. The molecule has 2 aliphatic carbocycles. The molecule has 0 heterocycles. The van der Waals surface area contributed by atoms with E-state index in [2.05, 4.69) is 0 Å². The Labute approximate surface area is 92.6 Å². The summed E-state index contributed by atoms with van der Waals surface area (Å²) >= 11 is 0. The second-order valence-electron chi connectivity index (χ2n) is 5.31. The molecular formula is C13H23NO. The number of hydrogen-bond acceptors (Lipinski definition) is 2. The predicted molar refractivity (Wildman–Crippen MR) is 61.5 cm³/mol. The Morgan fingerprint density at radius 3 is 2.07 bits per heavy atom. The quantitative estimate of drug-likeness (QED) is 0.776.